The number of rotatable bonds is 22. The quantitative estimate of drug-likeness (QED) is 0.0286. The molecule has 0 atom stereocenters. The Labute approximate surface area is 337 Å². The molecular weight excluding hydrogens is 739 g/mol. The van der Waals surface area contributed by atoms with E-state index in [1.165, 1.54) is 18.2 Å². The fourth-order valence-corrected chi connectivity index (χ4v) is 5.91. The lowest BCUT2D eigenvalue weighted by Crippen LogP contribution is -2.11. The summed E-state index contributed by atoms with van der Waals surface area (Å²) in [7, 11) is 0. The summed E-state index contributed by atoms with van der Waals surface area (Å²) in [5.74, 6) is -0.485. The van der Waals surface area contributed by atoms with Gasteiger partial charge < -0.3 is 28.4 Å². The molecule has 11 nitrogen and oxygen atoms in total. The maximum absolute atomic E-state index is 13.1. The van der Waals surface area contributed by atoms with Crippen LogP contribution in [0.4, 0.5) is 0 Å². The third kappa shape index (κ3) is 12.8. The van der Waals surface area contributed by atoms with Gasteiger partial charge in [-0.3, -0.25) is 0 Å². The second-order valence-electron chi connectivity index (χ2n) is 13.3. The highest BCUT2D eigenvalue weighted by atomic mass is 16.5. The second kappa shape index (κ2) is 22.0. The number of hydrogen-bond donors (Lipinski definition) is 0. The fourth-order valence-electron chi connectivity index (χ4n) is 5.91. The van der Waals surface area contributed by atoms with Crippen LogP contribution in [0.1, 0.15) is 77.6 Å². The number of carbonyl (C=O) groups excluding carboxylic acids is 4. The van der Waals surface area contributed by atoms with Crippen LogP contribution in [0.3, 0.4) is 0 Å². The zero-order chi connectivity index (χ0) is 41.1. The third-order valence-corrected chi connectivity index (χ3v) is 9.02. The standard InChI is InChI=1S/C47H45NO10/c1-3-44(49)55-25-11-7-5-9-23-53-40-19-17-33-27-37(15-13-35(33)29-40)46(51)57-42-21-22-43(39(31-42)32-48)58-47(52)38-16-14-36-30-41(20-18-34(36)28-38)54-24-10-6-8-12-26-56-45(50)4-2/h3-4,13-22,27-31H,1-2,5-12,23-26H2. The number of esters is 4. The van der Waals surface area contributed by atoms with E-state index in [4.69, 9.17) is 28.4 Å². The van der Waals surface area contributed by atoms with Crippen molar-refractivity contribution in [3.8, 4) is 29.1 Å². The summed E-state index contributed by atoms with van der Waals surface area (Å²) >= 11 is 0. The Morgan fingerprint density at radius 3 is 1.41 bits per heavy atom. The number of benzene rings is 5. The molecule has 0 N–H and O–H groups in total. The van der Waals surface area contributed by atoms with E-state index in [9.17, 15) is 24.4 Å². The van der Waals surface area contributed by atoms with Gasteiger partial charge in [0.05, 0.1) is 43.1 Å². The Morgan fingerprint density at radius 2 is 0.931 bits per heavy atom. The maximum Gasteiger partial charge on any atom is 0.343 e. The first-order chi connectivity index (χ1) is 28.3. The predicted octanol–water partition coefficient (Wildman–Crippen LogP) is 9.64. The van der Waals surface area contributed by atoms with Gasteiger partial charge in [0, 0.05) is 18.2 Å². The number of nitrogens with zero attached hydrogens (tertiary/aromatic N) is 1. The maximum atomic E-state index is 13.1. The lowest BCUT2D eigenvalue weighted by molar-refractivity contribution is -0.138. The summed E-state index contributed by atoms with van der Waals surface area (Å²) in [4.78, 5) is 48.4. The Bertz CT molecular complexity index is 2310. The van der Waals surface area contributed by atoms with Crippen LogP contribution in [0, 0.1) is 11.3 Å². The Kier molecular flexibility index (Phi) is 16.0. The van der Waals surface area contributed by atoms with Crippen molar-refractivity contribution in [1.82, 2.24) is 0 Å². The van der Waals surface area contributed by atoms with Gasteiger partial charge in [0.15, 0.2) is 0 Å². The van der Waals surface area contributed by atoms with E-state index >= 15 is 0 Å². The molecule has 0 spiro atoms. The number of fused-ring (bicyclic) bond motifs is 2. The molecule has 0 aliphatic rings. The topological polar surface area (TPSA) is 147 Å². The molecule has 5 aromatic carbocycles. The van der Waals surface area contributed by atoms with E-state index in [0.717, 1.165) is 90.8 Å². The minimum absolute atomic E-state index is 0.0254. The largest absolute Gasteiger partial charge is 0.494 e. The van der Waals surface area contributed by atoms with Gasteiger partial charge in [-0.05, 0) is 134 Å². The van der Waals surface area contributed by atoms with Crippen molar-refractivity contribution in [3.05, 3.63) is 133 Å². The summed E-state index contributed by atoms with van der Waals surface area (Å²) in [5.41, 5.74) is 0.644. The van der Waals surface area contributed by atoms with E-state index in [-0.39, 0.29) is 17.1 Å². The van der Waals surface area contributed by atoms with Crippen LogP contribution in [-0.4, -0.2) is 50.3 Å². The number of ether oxygens (including phenoxy) is 6. The molecule has 0 amide bonds. The Balaban J connectivity index is 1.08. The molecule has 5 aromatic rings. The molecule has 0 aliphatic carbocycles. The van der Waals surface area contributed by atoms with Gasteiger partial charge >= 0.3 is 23.9 Å². The molecule has 0 heterocycles. The van der Waals surface area contributed by atoms with E-state index in [0.29, 0.717) is 43.3 Å². The van der Waals surface area contributed by atoms with Crippen LogP contribution in [0.25, 0.3) is 21.5 Å². The van der Waals surface area contributed by atoms with Crippen LogP contribution in [0.15, 0.2) is 116 Å². The van der Waals surface area contributed by atoms with Gasteiger partial charge in [-0.1, -0.05) is 37.4 Å². The fraction of sp³-hybridized carbons (Fsp3) is 0.255. The molecule has 5 rings (SSSR count). The van der Waals surface area contributed by atoms with Crippen molar-refractivity contribution >= 4 is 45.4 Å². The molecule has 0 unspecified atom stereocenters. The molecular formula is C47H45NO10. The van der Waals surface area contributed by atoms with Gasteiger partial charge in [0.2, 0.25) is 0 Å². The van der Waals surface area contributed by atoms with Gasteiger partial charge in [0.25, 0.3) is 0 Å². The van der Waals surface area contributed by atoms with Crippen molar-refractivity contribution in [2.24, 2.45) is 0 Å². The molecule has 0 bridgehead atoms. The highest BCUT2D eigenvalue weighted by Crippen LogP contribution is 2.28. The minimum Gasteiger partial charge on any atom is -0.494 e. The van der Waals surface area contributed by atoms with Crippen LogP contribution >= 0.6 is 0 Å². The molecule has 0 saturated carbocycles. The van der Waals surface area contributed by atoms with Crippen molar-refractivity contribution in [3.63, 3.8) is 0 Å². The predicted molar refractivity (Wildman–Crippen MR) is 219 cm³/mol. The molecule has 298 valence electrons. The number of nitriles is 1. The lowest BCUT2D eigenvalue weighted by Gasteiger charge is -2.11. The van der Waals surface area contributed by atoms with Crippen molar-refractivity contribution in [1.29, 1.82) is 5.26 Å². The van der Waals surface area contributed by atoms with Crippen molar-refractivity contribution in [2.45, 2.75) is 51.4 Å². The third-order valence-electron chi connectivity index (χ3n) is 9.02. The smallest absolute Gasteiger partial charge is 0.343 e. The monoisotopic (exact) mass is 783 g/mol. The molecule has 0 radical (unpaired) electrons. The molecule has 0 fully saturated rings. The zero-order valence-electron chi connectivity index (χ0n) is 32.2. The number of unbranched alkanes of at least 4 members (excludes halogenated alkanes) is 6. The normalized spacial score (nSPS) is 10.6. The Hall–Kier alpha value is -6.93. The molecule has 58 heavy (non-hydrogen) atoms. The van der Waals surface area contributed by atoms with E-state index in [2.05, 4.69) is 13.2 Å². The SMILES string of the molecule is C=CC(=O)OCCCCCCOc1ccc2cc(C(=O)Oc3ccc(OC(=O)c4ccc5cc(OCCCCCCOC(=O)C=C)ccc5c4)c(C#N)c3)ccc2c1. The summed E-state index contributed by atoms with van der Waals surface area (Å²) in [6, 6.07) is 27.8. The van der Waals surface area contributed by atoms with Crippen LogP contribution in [-0.2, 0) is 19.1 Å². The highest BCUT2D eigenvalue weighted by molar-refractivity contribution is 5.98. The number of hydrogen-bond acceptors (Lipinski definition) is 11. The minimum atomic E-state index is -0.645. The van der Waals surface area contributed by atoms with E-state index in [1.807, 2.05) is 48.5 Å². The summed E-state index contributed by atoms with van der Waals surface area (Å²) in [5, 5.41) is 13.2. The summed E-state index contributed by atoms with van der Waals surface area (Å²) < 4.78 is 32.9. The average Bonchev–Trinajstić information content (AvgIpc) is 3.25. The molecule has 0 saturated heterocycles. The zero-order valence-corrected chi connectivity index (χ0v) is 32.2. The molecule has 11 heteroatoms. The van der Waals surface area contributed by atoms with Gasteiger partial charge in [0.1, 0.15) is 29.1 Å². The second-order valence-corrected chi connectivity index (χ2v) is 13.3. The van der Waals surface area contributed by atoms with Crippen LogP contribution in [0.5, 0.6) is 23.0 Å². The first-order valence-corrected chi connectivity index (χ1v) is 19.2. The highest BCUT2D eigenvalue weighted by Gasteiger charge is 2.16. The van der Waals surface area contributed by atoms with E-state index < -0.39 is 23.9 Å². The Morgan fingerprint density at radius 1 is 0.500 bits per heavy atom. The molecule has 0 aliphatic heterocycles. The van der Waals surface area contributed by atoms with Crippen molar-refractivity contribution in [2.75, 3.05) is 26.4 Å². The summed E-state index contributed by atoms with van der Waals surface area (Å²) in [6.45, 7) is 8.61. The van der Waals surface area contributed by atoms with Gasteiger partial charge in [-0.25, -0.2) is 19.2 Å². The van der Waals surface area contributed by atoms with Crippen molar-refractivity contribution < 1.29 is 47.6 Å². The van der Waals surface area contributed by atoms with E-state index in [1.54, 1.807) is 30.3 Å². The molecule has 0 aromatic heterocycles. The average molecular weight is 784 g/mol. The summed E-state index contributed by atoms with van der Waals surface area (Å²) in [6.07, 6.45) is 9.35. The number of carbonyl (C=O) groups is 4. The lowest BCUT2D eigenvalue weighted by atomic mass is 10.1. The van der Waals surface area contributed by atoms with Gasteiger partial charge in [-0.2, -0.15) is 5.26 Å². The van der Waals surface area contributed by atoms with Gasteiger partial charge in [-0.15, -0.1) is 0 Å². The van der Waals surface area contributed by atoms with Crippen LogP contribution < -0.4 is 18.9 Å². The first-order valence-electron chi connectivity index (χ1n) is 19.2. The van der Waals surface area contributed by atoms with Crippen LogP contribution in [0.2, 0.25) is 0 Å². The first kappa shape index (κ1) is 42.2.